The Balaban J connectivity index is 2.09. The number of aromatic hydroxyl groups is 2. The molecule has 1 unspecified atom stereocenters. The number of hydrogen-bond donors (Lipinski definition) is 4. The Bertz CT molecular complexity index is 1230. The average Bonchev–Trinajstić information content (AvgIpc) is 2.68. The van der Waals surface area contributed by atoms with Gasteiger partial charge in [-0.3, -0.25) is 9.59 Å². The summed E-state index contributed by atoms with van der Waals surface area (Å²) in [6, 6.07) is 4.43. The first-order chi connectivity index (χ1) is 14.4. The predicted molar refractivity (Wildman–Crippen MR) is 117 cm³/mol. The number of Topliss-reactive ketones (excluding diaryl/α,β-unsaturated/α-hetero) is 1. The topological polar surface area (TPSA) is 124 Å². The standard InChI is InChI=1S/C24H26N2O5/c1-10-13-7-6-8-16(27)18(13)21(28)19-14(10)9-15-20(26(4)5)11(2)17(23(25)30)12(3)24(15,31)22(19)29/h6-8,15,20,27-28,31H,3,9H2,1-2,4-5H3,(H2,25,30)/t15-,20?,24-/m0/s1. The van der Waals surface area contributed by atoms with Crippen LogP contribution in [0.4, 0.5) is 0 Å². The maximum absolute atomic E-state index is 13.8. The highest BCUT2D eigenvalue weighted by atomic mass is 16.3. The molecule has 0 spiro atoms. The molecule has 2 aromatic carbocycles. The fourth-order valence-electron chi connectivity index (χ4n) is 5.62. The van der Waals surface area contributed by atoms with Gasteiger partial charge < -0.3 is 26.0 Å². The number of amides is 1. The first kappa shape index (κ1) is 21.1. The number of carbonyl (C=O) groups is 2. The summed E-state index contributed by atoms with van der Waals surface area (Å²) in [5.74, 6) is -2.69. The molecule has 0 fully saturated rings. The number of likely N-dealkylation sites (N-methyl/N-ethyl adjacent to an activating group) is 1. The Morgan fingerprint density at radius 1 is 1.26 bits per heavy atom. The number of phenolic OH excluding ortho intramolecular Hbond substituents is 2. The number of primary amides is 1. The van der Waals surface area contributed by atoms with Crippen LogP contribution in [0.15, 0.2) is 41.5 Å². The number of nitrogens with two attached hydrogens (primary N) is 1. The molecule has 3 atom stereocenters. The van der Waals surface area contributed by atoms with Crippen molar-refractivity contribution in [1.82, 2.24) is 4.90 Å². The van der Waals surface area contributed by atoms with E-state index in [9.17, 15) is 24.9 Å². The molecule has 0 saturated heterocycles. The number of nitrogens with zero attached hydrogens (tertiary/aromatic N) is 1. The molecule has 7 nitrogen and oxygen atoms in total. The van der Waals surface area contributed by atoms with Crippen molar-refractivity contribution in [3.05, 3.63) is 58.2 Å². The molecule has 2 aliphatic rings. The minimum Gasteiger partial charge on any atom is -0.507 e. The van der Waals surface area contributed by atoms with E-state index in [4.69, 9.17) is 5.73 Å². The number of benzene rings is 2. The Labute approximate surface area is 180 Å². The van der Waals surface area contributed by atoms with E-state index in [0.29, 0.717) is 16.5 Å². The maximum Gasteiger partial charge on any atom is 0.249 e. The monoisotopic (exact) mass is 422 g/mol. The van der Waals surface area contributed by atoms with Gasteiger partial charge in [-0.25, -0.2) is 0 Å². The summed E-state index contributed by atoms with van der Waals surface area (Å²) >= 11 is 0. The van der Waals surface area contributed by atoms with Crippen molar-refractivity contribution >= 4 is 22.5 Å². The van der Waals surface area contributed by atoms with Crippen molar-refractivity contribution < 1.29 is 24.9 Å². The molecule has 2 aliphatic carbocycles. The van der Waals surface area contributed by atoms with E-state index in [2.05, 4.69) is 6.58 Å². The van der Waals surface area contributed by atoms with Crippen LogP contribution in [0.25, 0.3) is 10.8 Å². The van der Waals surface area contributed by atoms with Gasteiger partial charge in [-0.15, -0.1) is 0 Å². The highest BCUT2D eigenvalue weighted by Gasteiger charge is 2.59. The van der Waals surface area contributed by atoms with Crippen molar-refractivity contribution in [3.8, 4) is 11.5 Å². The summed E-state index contributed by atoms with van der Waals surface area (Å²) in [5.41, 5.74) is 5.44. The molecule has 162 valence electrons. The van der Waals surface area contributed by atoms with E-state index in [1.165, 1.54) is 6.07 Å². The van der Waals surface area contributed by atoms with Gasteiger partial charge in [-0.05, 0) is 68.1 Å². The number of fused-ring (bicyclic) bond motifs is 3. The van der Waals surface area contributed by atoms with Gasteiger partial charge in [-0.1, -0.05) is 18.7 Å². The number of carbonyl (C=O) groups excluding carboxylic acids is 2. The predicted octanol–water partition coefficient (Wildman–Crippen LogP) is 1.95. The minimum atomic E-state index is -2.12. The first-order valence-corrected chi connectivity index (χ1v) is 10.0. The van der Waals surface area contributed by atoms with Gasteiger partial charge in [0.1, 0.15) is 11.5 Å². The van der Waals surface area contributed by atoms with E-state index in [1.807, 2.05) is 25.9 Å². The molecule has 0 heterocycles. The third-order valence-corrected chi connectivity index (χ3v) is 6.99. The number of phenols is 2. The van der Waals surface area contributed by atoms with E-state index < -0.39 is 29.3 Å². The largest absolute Gasteiger partial charge is 0.507 e. The van der Waals surface area contributed by atoms with Gasteiger partial charge in [-0.2, -0.15) is 0 Å². The van der Waals surface area contributed by atoms with Crippen LogP contribution < -0.4 is 5.73 Å². The van der Waals surface area contributed by atoms with Crippen molar-refractivity contribution in [1.29, 1.82) is 0 Å². The molecule has 0 aliphatic heterocycles. The summed E-state index contributed by atoms with van der Waals surface area (Å²) in [6.07, 6.45) is 0.272. The minimum absolute atomic E-state index is 0.0488. The normalized spacial score (nSPS) is 25.7. The molecular weight excluding hydrogens is 396 g/mol. The van der Waals surface area contributed by atoms with E-state index in [-0.39, 0.29) is 40.0 Å². The SMILES string of the molecule is C=C1C(C(N)=O)=C(C)C(N(C)C)[C@@H]2Cc3c(c(O)c4c(O)cccc4c3C)C(=O)[C@]12O. The molecule has 4 rings (SSSR count). The van der Waals surface area contributed by atoms with E-state index >= 15 is 0 Å². The van der Waals surface area contributed by atoms with Crippen molar-refractivity contribution in [2.45, 2.75) is 31.9 Å². The molecule has 31 heavy (non-hydrogen) atoms. The Hall–Kier alpha value is -3.16. The van der Waals surface area contributed by atoms with Crippen LogP contribution in [0, 0.1) is 12.8 Å². The van der Waals surface area contributed by atoms with Gasteiger partial charge in [0.15, 0.2) is 5.60 Å². The lowest BCUT2D eigenvalue weighted by atomic mass is 9.58. The Morgan fingerprint density at radius 2 is 1.90 bits per heavy atom. The van der Waals surface area contributed by atoms with Crippen LogP contribution >= 0.6 is 0 Å². The second kappa shape index (κ2) is 6.67. The third-order valence-electron chi connectivity index (χ3n) is 6.99. The summed E-state index contributed by atoms with van der Waals surface area (Å²) < 4.78 is 0. The Kier molecular flexibility index (Phi) is 4.54. The number of hydrogen-bond acceptors (Lipinski definition) is 6. The fraction of sp³-hybridized carbons (Fsp3) is 0.333. The number of aliphatic hydroxyl groups is 1. The second-order valence-corrected chi connectivity index (χ2v) is 8.74. The molecular formula is C24H26N2O5. The van der Waals surface area contributed by atoms with Gasteiger partial charge >= 0.3 is 0 Å². The van der Waals surface area contributed by atoms with Gasteiger partial charge in [0.25, 0.3) is 0 Å². The smallest absolute Gasteiger partial charge is 0.249 e. The van der Waals surface area contributed by atoms with Crippen molar-refractivity contribution in [2.75, 3.05) is 14.1 Å². The zero-order valence-corrected chi connectivity index (χ0v) is 18.0. The van der Waals surface area contributed by atoms with E-state index in [0.717, 1.165) is 5.56 Å². The molecule has 0 bridgehead atoms. The maximum atomic E-state index is 13.8. The molecule has 1 amide bonds. The summed E-state index contributed by atoms with van der Waals surface area (Å²) in [6.45, 7) is 7.49. The third kappa shape index (κ3) is 2.53. The number of ketones is 1. The summed E-state index contributed by atoms with van der Waals surface area (Å²) in [5, 5.41) is 34.0. The first-order valence-electron chi connectivity index (χ1n) is 10.0. The quantitative estimate of drug-likeness (QED) is 0.586. The lowest BCUT2D eigenvalue weighted by Gasteiger charge is -2.50. The number of rotatable bonds is 2. The van der Waals surface area contributed by atoms with E-state index in [1.54, 1.807) is 19.1 Å². The number of aryl methyl sites for hydroxylation is 1. The van der Waals surface area contributed by atoms with Crippen LogP contribution in [-0.2, 0) is 11.2 Å². The van der Waals surface area contributed by atoms with Crippen molar-refractivity contribution in [3.63, 3.8) is 0 Å². The highest BCUT2D eigenvalue weighted by Crippen LogP contribution is 2.52. The fourth-order valence-corrected chi connectivity index (χ4v) is 5.62. The van der Waals surface area contributed by atoms with Crippen molar-refractivity contribution in [2.24, 2.45) is 11.7 Å². The Morgan fingerprint density at radius 3 is 2.48 bits per heavy atom. The van der Waals surface area contributed by atoms with Gasteiger partial charge in [0, 0.05) is 17.5 Å². The zero-order valence-electron chi connectivity index (χ0n) is 18.0. The van der Waals surface area contributed by atoms with Crippen LogP contribution in [0.2, 0.25) is 0 Å². The zero-order chi connectivity index (χ0) is 23.0. The molecule has 0 aromatic heterocycles. The molecule has 0 radical (unpaired) electrons. The molecule has 0 saturated carbocycles. The van der Waals surface area contributed by atoms with Gasteiger partial charge in [0.05, 0.1) is 10.9 Å². The molecule has 5 N–H and O–H groups in total. The molecule has 2 aromatic rings. The summed E-state index contributed by atoms with van der Waals surface area (Å²) in [7, 11) is 3.62. The van der Waals surface area contributed by atoms with Crippen LogP contribution in [0.1, 0.15) is 28.4 Å². The average molecular weight is 422 g/mol. The lowest BCUT2D eigenvalue weighted by molar-refractivity contribution is -0.115. The van der Waals surface area contributed by atoms with Crippen LogP contribution in [0.5, 0.6) is 11.5 Å². The highest BCUT2D eigenvalue weighted by molar-refractivity contribution is 6.16. The lowest BCUT2D eigenvalue weighted by Crippen LogP contribution is -2.62. The second-order valence-electron chi connectivity index (χ2n) is 8.74. The van der Waals surface area contributed by atoms with Crippen LogP contribution in [0.3, 0.4) is 0 Å². The van der Waals surface area contributed by atoms with Gasteiger partial charge in [0.2, 0.25) is 11.7 Å². The molecule has 7 heteroatoms. The summed E-state index contributed by atoms with van der Waals surface area (Å²) in [4.78, 5) is 27.9. The van der Waals surface area contributed by atoms with Crippen LogP contribution in [-0.4, -0.2) is 57.6 Å².